The molecule has 1 aromatic heterocycles. The lowest BCUT2D eigenvalue weighted by Gasteiger charge is -2.26. The molecule has 2 rings (SSSR count). The summed E-state index contributed by atoms with van der Waals surface area (Å²) >= 11 is 3.47. The van der Waals surface area contributed by atoms with E-state index in [0.29, 0.717) is 0 Å². The van der Waals surface area contributed by atoms with Crippen molar-refractivity contribution in [3.63, 3.8) is 0 Å². The van der Waals surface area contributed by atoms with Crippen molar-refractivity contribution in [2.75, 3.05) is 7.05 Å². The molecule has 0 radical (unpaired) electrons. The van der Waals surface area contributed by atoms with E-state index in [1.165, 1.54) is 0 Å². The third-order valence-electron chi connectivity index (χ3n) is 3.59. The molecule has 0 aliphatic heterocycles. The average Bonchev–Trinajstić information content (AvgIpc) is 2.48. The molecule has 0 aliphatic rings. The summed E-state index contributed by atoms with van der Waals surface area (Å²) in [5.74, 6) is 0.0214. The van der Waals surface area contributed by atoms with Crippen molar-refractivity contribution in [2.24, 2.45) is 0 Å². The number of hydrogen-bond donors (Lipinski definition) is 0. The Morgan fingerprint density at radius 3 is 2.55 bits per heavy atom. The number of benzene rings is 1. The van der Waals surface area contributed by atoms with E-state index in [1.807, 2.05) is 51.2 Å². The van der Waals surface area contributed by atoms with Gasteiger partial charge < -0.3 is 4.90 Å². The number of carbonyl (C=O) groups excluding carboxylic acids is 1. The molecule has 104 valence electrons. The van der Waals surface area contributed by atoms with Gasteiger partial charge in [-0.15, -0.1) is 0 Å². The van der Waals surface area contributed by atoms with Gasteiger partial charge in [0, 0.05) is 29.5 Å². The lowest BCUT2D eigenvalue weighted by molar-refractivity contribution is 0.0742. The summed E-state index contributed by atoms with van der Waals surface area (Å²) in [6.07, 6.45) is 3.49. The van der Waals surface area contributed by atoms with Crippen LogP contribution >= 0.6 is 15.9 Å². The van der Waals surface area contributed by atoms with Crippen LogP contribution in [0.1, 0.15) is 34.5 Å². The molecule has 0 bridgehead atoms. The summed E-state index contributed by atoms with van der Waals surface area (Å²) in [4.78, 5) is 18.4. The Bertz CT molecular complexity index is 613. The molecule has 0 saturated heterocycles. The first kappa shape index (κ1) is 14.7. The van der Waals surface area contributed by atoms with E-state index in [9.17, 15) is 4.79 Å². The standard InChI is InChI=1S/C16H17BrN2O/c1-11-14(5-4-6-15(11)17)16(20)19(3)12(2)13-7-9-18-10-8-13/h4-10,12H,1-3H3. The van der Waals surface area contributed by atoms with Gasteiger partial charge in [-0.2, -0.15) is 0 Å². The molecule has 1 unspecified atom stereocenters. The fourth-order valence-electron chi connectivity index (χ4n) is 2.07. The van der Waals surface area contributed by atoms with Crippen LogP contribution in [0.25, 0.3) is 0 Å². The largest absolute Gasteiger partial charge is 0.335 e. The zero-order chi connectivity index (χ0) is 14.7. The van der Waals surface area contributed by atoms with E-state index in [-0.39, 0.29) is 11.9 Å². The van der Waals surface area contributed by atoms with E-state index < -0.39 is 0 Å². The van der Waals surface area contributed by atoms with Crippen molar-refractivity contribution in [1.29, 1.82) is 0 Å². The first-order valence-corrected chi connectivity index (χ1v) is 7.24. The molecule has 1 aromatic carbocycles. The number of amides is 1. The Morgan fingerprint density at radius 1 is 1.25 bits per heavy atom. The molecule has 4 heteroatoms. The first-order valence-electron chi connectivity index (χ1n) is 6.44. The van der Waals surface area contributed by atoms with Crippen molar-refractivity contribution < 1.29 is 4.79 Å². The molecule has 0 fully saturated rings. The summed E-state index contributed by atoms with van der Waals surface area (Å²) < 4.78 is 0.952. The molecule has 20 heavy (non-hydrogen) atoms. The van der Waals surface area contributed by atoms with Gasteiger partial charge in [0.15, 0.2) is 0 Å². The highest BCUT2D eigenvalue weighted by Crippen LogP contribution is 2.24. The highest BCUT2D eigenvalue weighted by molar-refractivity contribution is 9.10. The van der Waals surface area contributed by atoms with Crippen molar-refractivity contribution in [1.82, 2.24) is 9.88 Å². The average molecular weight is 333 g/mol. The second-order valence-corrected chi connectivity index (χ2v) is 5.64. The van der Waals surface area contributed by atoms with Crippen LogP contribution in [0, 0.1) is 6.92 Å². The number of aromatic nitrogens is 1. The van der Waals surface area contributed by atoms with Gasteiger partial charge in [0.05, 0.1) is 6.04 Å². The van der Waals surface area contributed by atoms with Crippen LogP contribution in [0.3, 0.4) is 0 Å². The Kier molecular flexibility index (Phi) is 4.55. The molecule has 0 N–H and O–H groups in total. The molecular formula is C16H17BrN2O. The number of nitrogens with zero attached hydrogens (tertiary/aromatic N) is 2. The van der Waals surface area contributed by atoms with Crippen molar-refractivity contribution in [2.45, 2.75) is 19.9 Å². The zero-order valence-electron chi connectivity index (χ0n) is 11.8. The molecule has 3 nitrogen and oxygen atoms in total. The maximum Gasteiger partial charge on any atom is 0.254 e. The second kappa shape index (κ2) is 6.18. The molecule has 0 spiro atoms. The summed E-state index contributed by atoms with van der Waals surface area (Å²) in [6.45, 7) is 3.96. The monoisotopic (exact) mass is 332 g/mol. The number of pyridine rings is 1. The van der Waals surface area contributed by atoms with E-state index in [2.05, 4.69) is 20.9 Å². The number of hydrogen-bond acceptors (Lipinski definition) is 2. The van der Waals surface area contributed by atoms with Crippen LogP contribution in [-0.4, -0.2) is 22.8 Å². The fraction of sp³-hybridized carbons (Fsp3) is 0.250. The maximum atomic E-state index is 12.6. The maximum absolute atomic E-state index is 12.6. The van der Waals surface area contributed by atoms with E-state index in [4.69, 9.17) is 0 Å². The highest BCUT2D eigenvalue weighted by atomic mass is 79.9. The molecule has 1 heterocycles. The molecule has 1 amide bonds. The summed E-state index contributed by atoms with van der Waals surface area (Å²) in [6, 6.07) is 9.56. The topological polar surface area (TPSA) is 33.2 Å². The number of rotatable bonds is 3. The van der Waals surface area contributed by atoms with E-state index in [1.54, 1.807) is 17.3 Å². The van der Waals surface area contributed by atoms with Crippen molar-refractivity contribution >= 4 is 21.8 Å². The molecule has 0 aliphatic carbocycles. The zero-order valence-corrected chi connectivity index (χ0v) is 13.4. The predicted octanol–water partition coefficient (Wildman–Crippen LogP) is 3.99. The summed E-state index contributed by atoms with van der Waals surface area (Å²) in [7, 11) is 1.83. The lowest BCUT2D eigenvalue weighted by Crippen LogP contribution is -2.30. The number of halogens is 1. The van der Waals surface area contributed by atoms with Gasteiger partial charge >= 0.3 is 0 Å². The van der Waals surface area contributed by atoms with Gasteiger partial charge in [0.2, 0.25) is 0 Å². The fourth-order valence-corrected chi connectivity index (χ4v) is 2.44. The van der Waals surface area contributed by atoms with Gasteiger partial charge in [-0.05, 0) is 49.2 Å². The van der Waals surface area contributed by atoms with E-state index in [0.717, 1.165) is 21.2 Å². The molecule has 2 aromatic rings. The minimum absolute atomic E-state index is 0.00359. The van der Waals surface area contributed by atoms with Gasteiger partial charge in [0.25, 0.3) is 5.91 Å². The van der Waals surface area contributed by atoms with Crippen LogP contribution in [-0.2, 0) is 0 Å². The van der Waals surface area contributed by atoms with Gasteiger partial charge in [-0.25, -0.2) is 0 Å². The van der Waals surface area contributed by atoms with Crippen LogP contribution in [0.5, 0.6) is 0 Å². The Morgan fingerprint density at radius 2 is 1.90 bits per heavy atom. The second-order valence-electron chi connectivity index (χ2n) is 4.78. The van der Waals surface area contributed by atoms with Crippen LogP contribution in [0.2, 0.25) is 0 Å². The van der Waals surface area contributed by atoms with Crippen molar-refractivity contribution in [3.05, 3.63) is 63.9 Å². The van der Waals surface area contributed by atoms with Crippen LogP contribution in [0.15, 0.2) is 47.2 Å². The Labute approximate surface area is 127 Å². The normalized spacial score (nSPS) is 12.0. The minimum Gasteiger partial charge on any atom is -0.335 e. The summed E-state index contributed by atoms with van der Waals surface area (Å²) in [5.41, 5.74) is 2.76. The van der Waals surface area contributed by atoms with Gasteiger partial charge in [-0.1, -0.05) is 22.0 Å². The van der Waals surface area contributed by atoms with E-state index >= 15 is 0 Å². The summed E-state index contributed by atoms with van der Waals surface area (Å²) in [5, 5.41) is 0. The predicted molar refractivity (Wildman–Crippen MR) is 83.6 cm³/mol. The highest BCUT2D eigenvalue weighted by Gasteiger charge is 2.20. The molecular weight excluding hydrogens is 316 g/mol. The van der Waals surface area contributed by atoms with Crippen molar-refractivity contribution in [3.8, 4) is 0 Å². The third kappa shape index (κ3) is 2.90. The SMILES string of the molecule is Cc1c(Br)cccc1C(=O)N(C)C(C)c1ccncc1. The lowest BCUT2D eigenvalue weighted by atomic mass is 10.0. The number of carbonyl (C=O) groups is 1. The molecule has 0 saturated carbocycles. The first-order chi connectivity index (χ1) is 9.52. The minimum atomic E-state index is 0.00359. The van der Waals surface area contributed by atoms with Crippen LogP contribution < -0.4 is 0 Å². The van der Waals surface area contributed by atoms with Crippen LogP contribution in [0.4, 0.5) is 0 Å². The third-order valence-corrected chi connectivity index (χ3v) is 4.45. The Hall–Kier alpha value is -1.68. The Balaban J connectivity index is 2.27. The molecule has 1 atom stereocenters. The van der Waals surface area contributed by atoms with Gasteiger partial charge in [-0.3, -0.25) is 9.78 Å². The smallest absolute Gasteiger partial charge is 0.254 e. The quantitative estimate of drug-likeness (QED) is 0.851. The van der Waals surface area contributed by atoms with Gasteiger partial charge in [0.1, 0.15) is 0 Å².